The topological polar surface area (TPSA) is 32.3 Å². The van der Waals surface area contributed by atoms with Gasteiger partial charge in [-0.05, 0) is 68.6 Å². The first kappa shape index (κ1) is 14.9. The minimum absolute atomic E-state index is 0.134. The fraction of sp³-hybridized carbons (Fsp3) is 0.143. The summed E-state index contributed by atoms with van der Waals surface area (Å²) in [5.41, 5.74) is 2.11. The molecule has 100 valence electrons. The van der Waals surface area contributed by atoms with Gasteiger partial charge in [-0.25, -0.2) is 0 Å². The summed E-state index contributed by atoms with van der Waals surface area (Å²) in [6.45, 7) is 2.08. The van der Waals surface area contributed by atoms with Gasteiger partial charge in [0.2, 0.25) is 0 Å². The fourth-order valence-electron chi connectivity index (χ4n) is 1.74. The van der Waals surface area contributed by atoms with Gasteiger partial charge in [-0.2, -0.15) is 0 Å². The van der Waals surface area contributed by atoms with Gasteiger partial charge >= 0.3 is 0 Å². The monoisotopic (exact) mass is 447 g/mol. The van der Waals surface area contributed by atoms with Crippen LogP contribution in [-0.4, -0.2) is 5.11 Å². The van der Waals surface area contributed by atoms with Crippen LogP contribution in [0.25, 0.3) is 0 Å². The Morgan fingerprint density at radius 2 is 1.53 bits per heavy atom. The standard InChI is InChI=1S/C14H12Br3NO/c1-8(9-2-4-11(19)5-3-9)18-14-12(16)6-10(15)7-13(14)17/h2-8,18-19H,1H3. The predicted octanol–water partition coefficient (Wildman–Crippen LogP) is 5.85. The molecule has 19 heavy (non-hydrogen) atoms. The summed E-state index contributed by atoms with van der Waals surface area (Å²) in [7, 11) is 0. The van der Waals surface area contributed by atoms with Crippen molar-refractivity contribution in [1.82, 2.24) is 0 Å². The Kier molecular flexibility index (Phi) is 4.92. The van der Waals surface area contributed by atoms with Crippen LogP contribution in [0.1, 0.15) is 18.5 Å². The molecular weight excluding hydrogens is 438 g/mol. The Balaban J connectivity index is 2.24. The molecule has 2 rings (SSSR count). The number of anilines is 1. The van der Waals surface area contributed by atoms with E-state index in [1.54, 1.807) is 12.1 Å². The lowest BCUT2D eigenvalue weighted by atomic mass is 10.1. The van der Waals surface area contributed by atoms with Gasteiger partial charge in [0.15, 0.2) is 0 Å². The third kappa shape index (κ3) is 3.74. The van der Waals surface area contributed by atoms with Crippen molar-refractivity contribution in [2.24, 2.45) is 0 Å². The molecule has 2 N–H and O–H groups in total. The van der Waals surface area contributed by atoms with Crippen molar-refractivity contribution < 1.29 is 5.11 Å². The maximum absolute atomic E-state index is 9.31. The van der Waals surface area contributed by atoms with E-state index in [-0.39, 0.29) is 11.8 Å². The highest BCUT2D eigenvalue weighted by Gasteiger charge is 2.11. The van der Waals surface area contributed by atoms with Crippen LogP contribution < -0.4 is 5.32 Å². The third-order valence-corrected chi connectivity index (χ3v) is 4.47. The molecule has 0 bridgehead atoms. The molecule has 0 radical (unpaired) electrons. The van der Waals surface area contributed by atoms with Crippen LogP contribution in [0.15, 0.2) is 49.8 Å². The minimum Gasteiger partial charge on any atom is -0.508 e. The molecule has 1 atom stereocenters. The molecule has 1 unspecified atom stereocenters. The van der Waals surface area contributed by atoms with Crippen molar-refractivity contribution in [3.05, 3.63) is 55.4 Å². The van der Waals surface area contributed by atoms with Crippen molar-refractivity contribution in [1.29, 1.82) is 0 Å². The lowest BCUT2D eigenvalue weighted by molar-refractivity contribution is 0.475. The highest BCUT2D eigenvalue weighted by molar-refractivity contribution is 9.11. The van der Waals surface area contributed by atoms with Crippen LogP contribution >= 0.6 is 47.8 Å². The van der Waals surface area contributed by atoms with E-state index in [1.807, 2.05) is 24.3 Å². The summed E-state index contributed by atoms with van der Waals surface area (Å²) >= 11 is 10.5. The van der Waals surface area contributed by atoms with Crippen LogP contribution in [0, 0.1) is 0 Å². The number of halogens is 3. The second-order valence-electron chi connectivity index (χ2n) is 4.20. The van der Waals surface area contributed by atoms with Gasteiger partial charge in [0.25, 0.3) is 0 Å². The van der Waals surface area contributed by atoms with Crippen LogP contribution in [0.4, 0.5) is 5.69 Å². The highest BCUT2D eigenvalue weighted by atomic mass is 79.9. The van der Waals surface area contributed by atoms with Gasteiger partial charge in [0.1, 0.15) is 5.75 Å². The van der Waals surface area contributed by atoms with E-state index in [2.05, 4.69) is 60.0 Å². The first-order chi connectivity index (χ1) is 8.97. The summed E-state index contributed by atoms with van der Waals surface area (Å²) in [6.07, 6.45) is 0. The number of rotatable bonds is 3. The zero-order chi connectivity index (χ0) is 14.0. The van der Waals surface area contributed by atoms with E-state index in [4.69, 9.17) is 0 Å². The number of phenols is 1. The fourth-order valence-corrected chi connectivity index (χ4v) is 4.23. The summed E-state index contributed by atoms with van der Waals surface area (Å²) in [5, 5.41) is 12.8. The zero-order valence-electron chi connectivity index (χ0n) is 10.1. The van der Waals surface area contributed by atoms with Gasteiger partial charge < -0.3 is 10.4 Å². The van der Waals surface area contributed by atoms with Gasteiger partial charge in [-0.1, -0.05) is 28.1 Å². The van der Waals surface area contributed by atoms with Gasteiger partial charge in [-0.3, -0.25) is 0 Å². The Morgan fingerprint density at radius 3 is 2.05 bits per heavy atom. The summed E-state index contributed by atoms with van der Waals surface area (Å²) in [6, 6.07) is 11.3. The molecule has 0 heterocycles. The molecule has 0 aliphatic rings. The average Bonchev–Trinajstić information content (AvgIpc) is 2.34. The van der Waals surface area contributed by atoms with Crippen LogP contribution in [0.3, 0.4) is 0 Å². The van der Waals surface area contributed by atoms with Crippen molar-refractivity contribution in [3.63, 3.8) is 0 Å². The number of hydrogen-bond donors (Lipinski definition) is 2. The molecule has 0 aliphatic carbocycles. The lowest BCUT2D eigenvalue weighted by Gasteiger charge is -2.18. The first-order valence-corrected chi connectivity index (χ1v) is 8.05. The second-order valence-corrected chi connectivity index (χ2v) is 6.83. The quantitative estimate of drug-likeness (QED) is 0.615. The Hall–Kier alpha value is -0.520. The summed E-state index contributed by atoms with van der Waals surface area (Å²) in [5.74, 6) is 0.280. The maximum Gasteiger partial charge on any atom is 0.115 e. The van der Waals surface area contributed by atoms with Gasteiger partial charge in [0.05, 0.1) is 5.69 Å². The summed E-state index contributed by atoms with van der Waals surface area (Å²) < 4.78 is 2.98. The highest BCUT2D eigenvalue weighted by Crippen LogP contribution is 2.36. The summed E-state index contributed by atoms with van der Waals surface area (Å²) in [4.78, 5) is 0. The van der Waals surface area contributed by atoms with Crippen molar-refractivity contribution >= 4 is 53.5 Å². The molecule has 2 aromatic carbocycles. The molecule has 2 nitrogen and oxygen atoms in total. The number of nitrogens with one attached hydrogen (secondary N) is 1. The minimum atomic E-state index is 0.134. The molecule has 0 amide bonds. The Bertz CT molecular complexity index is 561. The van der Waals surface area contributed by atoms with E-state index in [1.165, 1.54) is 0 Å². The van der Waals surface area contributed by atoms with Crippen LogP contribution in [0.5, 0.6) is 5.75 Å². The molecule has 0 spiro atoms. The molecule has 2 aromatic rings. The smallest absolute Gasteiger partial charge is 0.115 e. The number of aromatic hydroxyl groups is 1. The first-order valence-electron chi connectivity index (χ1n) is 5.67. The van der Waals surface area contributed by atoms with Crippen molar-refractivity contribution in [3.8, 4) is 5.75 Å². The molecule has 0 saturated carbocycles. The SMILES string of the molecule is CC(Nc1c(Br)cc(Br)cc1Br)c1ccc(O)cc1. The van der Waals surface area contributed by atoms with Crippen LogP contribution in [-0.2, 0) is 0 Å². The molecule has 0 aromatic heterocycles. The van der Waals surface area contributed by atoms with Gasteiger partial charge in [0, 0.05) is 19.5 Å². The second kappa shape index (κ2) is 6.29. The van der Waals surface area contributed by atoms with E-state index < -0.39 is 0 Å². The Labute approximate surface area is 137 Å². The maximum atomic E-state index is 9.31. The number of hydrogen-bond acceptors (Lipinski definition) is 2. The van der Waals surface area contributed by atoms with E-state index in [0.717, 1.165) is 24.7 Å². The van der Waals surface area contributed by atoms with Crippen LogP contribution in [0.2, 0.25) is 0 Å². The molecule has 0 fully saturated rings. The molecule has 5 heteroatoms. The van der Waals surface area contributed by atoms with E-state index >= 15 is 0 Å². The van der Waals surface area contributed by atoms with Crippen molar-refractivity contribution in [2.45, 2.75) is 13.0 Å². The average molecular weight is 450 g/mol. The van der Waals surface area contributed by atoms with E-state index in [0.29, 0.717) is 0 Å². The number of phenolic OH excluding ortho intramolecular Hbond substituents is 1. The lowest BCUT2D eigenvalue weighted by Crippen LogP contribution is -2.07. The van der Waals surface area contributed by atoms with Crippen molar-refractivity contribution in [2.75, 3.05) is 5.32 Å². The molecule has 0 aliphatic heterocycles. The third-order valence-electron chi connectivity index (χ3n) is 2.76. The largest absolute Gasteiger partial charge is 0.508 e. The Morgan fingerprint density at radius 1 is 1.00 bits per heavy atom. The van der Waals surface area contributed by atoms with Gasteiger partial charge in [-0.15, -0.1) is 0 Å². The molecule has 0 saturated heterocycles. The van der Waals surface area contributed by atoms with E-state index in [9.17, 15) is 5.11 Å². The molecular formula is C14H12Br3NO. The predicted molar refractivity (Wildman–Crippen MR) is 89.7 cm³/mol. The normalized spacial score (nSPS) is 12.2. The number of benzene rings is 2. The zero-order valence-corrected chi connectivity index (χ0v) is 14.9.